The van der Waals surface area contributed by atoms with Crippen LogP contribution in [0.2, 0.25) is 0 Å². The van der Waals surface area contributed by atoms with Crippen molar-refractivity contribution in [2.24, 2.45) is 11.7 Å². The van der Waals surface area contributed by atoms with Gasteiger partial charge in [-0.05, 0) is 55.3 Å². The van der Waals surface area contributed by atoms with Crippen molar-refractivity contribution < 1.29 is 28.6 Å². The van der Waals surface area contributed by atoms with Crippen LogP contribution < -0.4 is 20.5 Å². The van der Waals surface area contributed by atoms with Crippen molar-refractivity contribution in [3.63, 3.8) is 0 Å². The van der Waals surface area contributed by atoms with Crippen LogP contribution >= 0.6 is 0 Å². The van der Waals surface area contributed by atoms with Gasteiger partial charge in [-0.15, -0.1) is 0 Å². The summed E-state index contributed by atoms with van der Waals surface area (Å²) in [7, 11) is 1.48. The van der Waals surface area contributed by atoms with Gasteiger partial charge < -0.3 is 25.3 Å². The number of carbonyl (C=O) groups excluding carboxylic acids is 3. The second kappa shape index (κ2) is 10.3. The van der Waals surface area contributed by atoms with Gasteiger partial charge in [-0.3, -0.25) is 9.59 Å². The van der Waals surface area contributed by atoms with Gasteiger partial charge >= 0.3 is 5.97 Å². The number of carbonyl (C=O) groups is 3. The first-order valence-corrected chi connectivity index (χ1v) is 9.43. The largest absolute Gasteiger partial charge is 0.493 e. The van der Waals surface area contributed by atoms with Crippen molar-refractivity contribution in [3.8, 4) is 11.5 Å². The number of nitrogens with two attached hydrogens (primary N) is 1. The topological polar surface area (TPSA) is 117 Å². The number of amides is 2. The number of hydrogen-bond acceptors (Lipinski definition) is 6. The van der Waals surface area contributed by atoms with Crippen LogP contribution in [0.15, 0.2) is 42.5 Å². The zero-order valence-electron chi connectivity index (χ0n) is 17.4. The molecule has 2 rings (SSSR count). The molecule has 2 amide bonds. The smallest absolute Gasteiger partial charge is 0.339 e. The number of anilines is 1. The first-order chi connectivity index (χ1) is 14.2. The van der Waals surface area contributed by atoms with E-state index in [-0.39, 0.29) is 5.56 Å². The van der Waals surface area contributed by atoms with Crippen LogP contribution in [-0.2, 0) is 9.53 Å². The van der Waals surface area contributed by atoms with E-state index in [1.807, 2.05) is 13.8 Å². The highest BCUT2D eigenvalue weighted by Crippen LogP contribution is 2.29. The molecule has 30 heavy (non-hydrogen) atoms. The van der Waals surface area contributed by atoms with E-state index in [0.717, 1.165) is 0 Å². The molecule has 0 heterocycles. The molecule has 0 fully saturated rings. The van der Waals surface area contributed by atoms with Crippen molar-refractivity contribution in [2.45, 2.75) is 26.9 Å². The zero-order chi connectivity index (χ0) is 22.3. The average Bonchev–Trinajstić information content (AvgIpc) is 2.72. The van der Waals surface area contributed by atoms with Crippen molar-refractivity contribution in [1.29, 1.82) is 0 Å². The molecule has 1 atom stereocenters. The standard InChI is InChI=1S/C22H26N2O6/c1-13(2)12-29-18-10-7-16(11-19(18)28-4)22(27)30-14(3)21(26)24-17-8-5-15(6-9-17)20(23)25/h5-11,13-14H,12H2,1-4H3,(H2,23,25)(H,24,26). The number of hydrogen-bond donors (Lipinski definition) is 2. The lowest BCUT2D eigenvalue weighted by molar-refractivity contribution is -0.123. The monoisotopic (exact) mass is 414 g/mol. The Morgan fingerprint density at radius 2 is 1.60 bits per heavy atom. The molecule has 0 aromatic heterocycles. The van der Waals surface area contributed by atoms with Crippen molar-refractivity contribution in [2.75, 3.05) is 19.0 Å². The van der Waals surface area contributed by atoms with Gasteiger partial charge in [0, 0.05) is 11.3 Å². The molecule has 0 spiro atoms. The summed E-state index contributed by atoms with van der Waals surface area (Å²) in [6.07, 6.45) is -1.05. The van der Waals surface area contributed by atoms with E-state index in [2.05, 4.69) is 5.32 Å². The van der Waals surface area contributed by atoms with Gasteiger partial charge in [-0.2, -0.15) is 0 Å². The van der Waals surface area contributed by atoms with Gasteiger partial charge in [-0.1, -0.05) is 13.8 Å². The number of esters is 1. The third kappa shape index (κ3) is 6.23. The van der Waals surface area contributed by atoms with Gasteiger partial charge in [0.15, 0.2) is 17.6 Å². The predicted octanol–water partition coefficient (Wildman–Crippen LogP) is 3.01. The van der Waals surface area contributed by atoms with Gasteiger partial charge in [0.25, 0.3) is 5.91 Å². The van der Waals surface area contributed by atoms with Gasteiger partial charge in [0.05, 0.1) is 19.3 Å². The maximum Gasteiger partial charge on any atom is 0.339 e. The fourth-order valence-electron chi connectivity index (χ4n) is 2.41. The first-order valence-electron chi connectivity index (χ1n) is 9.43. The van der Waals surface area contributed by atoms with Crippen LogP contribution in [0.25, 0.3) is 0 Å². The minimum atomic E-state index is -1.05. The Morgan fingerprint density at radius 1 is 0.967 bits per heavy atom. The molecule has 0 bridgehead atoms. The van der Waals surface area contributed by atoms with E-state index >= 15 is 0 Å². The van der Waals surface area contributed by atoms with E-state index in [9.17, 15) is 14.4 Å². The molecule has 1 unspecified atom stereocenters. The third-order valence-corrected chi connectivity index (χ3v) is 4.06. The van der Waals surface area contributed by atoms with Gasteiger partial charge in [0.2, 0.25) is 5.91 Å². The molecule has 0 aliphatic heterocycles. The summed E-state index contributed by atoms with van der Waals surface area (Å²) >= 11 is 0. The minimum Gasteiger partial charge on any atom is -0.493 e. The number of methoxy groups -OCH3 is 1. The van der Waals surface area contributed by atoms with Crippen molar-refractivity contribution in [1.82, 2.24) is 0 Å². The number of primary amides is 1. The Kier molecular flexibility index (Phi) is 7.80. The van der Waals surface area contributed by atoms with Crippen LogP contribution in [0.1, 0.15) is 41.5 Å². The van der Waals surface area contributed by atoms with Crippen LogP contribution in [0.3, 0.4) is 0 Å². The Labute approximate surface area is 175 Å². The zero-order valence-corrected chi connectivity index (χ0v) is 17.4. The molecule has 0 saturated heterocycles. The molecule has 160 valence electrons. The van der Waals surface area contributed by atoms with Crippen molar-refractivity contribution >= 4 is 23.5 Å². The Balaban J connectivity index is 2.00. The molecule has 0 aliphatic carbocycles. The molecule has 2 aromatic carbocycles. The van der Waals surface area contributed by atoms with E-state index < -0.39 is 23.9 Å². The molecule has 0 aliphatic rings. The number of nitrogens with one attached hydrogen (secondary N) is 1. The molecule has 8 heteroatoms. The minimum absolute atomic E-state index is 0.231. The quantitative estimate of drug-likeness (QED) is 0.609. The van der Waals surface area contributed by atoms with E-state index in [0.29, 0.717) is 35.3 Å². The molecule has 0 saturated carbocycles. The SMILES string of the molecule is COc1cc(C(=O)OC(C)C(=O)Nc2ccc(C(N)=O)cc2)ccc1OCC(C)C. The maximum atomic E-state index is 12.4. The van der Waals surface area contributed by atoms with Crippen LogP contribution in [0.5, 0.6) is 11.5 Å². The summed E-state index contributed by atoms with van der Waals surface area (Å²) in [6, 6.07) is 10.7. The van der Waals surface area contributed by atoms with E-state index in [1.54, 1.807) is 12.1 Å². The second-order valence-corrected chi connectivity index (χ2v) is 7.05. The Hall–Kier alpha value is -3.55. The number of benzene rings is 2. The molecule has 0 radical (unpaired) electrons. The number of rotatable bonds is 9. The van der Waals surface area contributed by atoms with Crippen LogP contribution in [0.4, 0.5) is 5.69 Å². The van der Waals surface area contributed by atoms with E-state index in [1.165, 1.54) is 44.4 Å². The van der Waals surface area contributed by atoms with Crippen molar-refractivity contribution in [3.05, 3.63) is 53.6 Å². The lowest BCUT2D eigenvalue weighted by Gasteiger charge is -2.15. The Morgan fingerprint density at radius 3 is 2.17 bits per heavy atom. The summed E-state index contributed by atoms with van der Waals surface area (Å²) in [4.78, 5) is 35.8. The fraction of sp³-hybridized carbons (Fsp3) is 0.318. The van der Waals surface area contributed by atoms with Gasteiger partial charge in [0.1, 0.15) is 0 Å². The highest BCUT2D eigenvalue weighted by atomic mass is 16.5. The highest BCUT2D eigenvalue weighted by Gasteiger charge is 2.20. The normalized spacial score (nSPS) is 11.5. The Bertz CT molecular complexity index is 908. The molecular formula is C22H26N2O6. The number of ether oxygens (including phenoxy) is 3. The van der Waals surface area contributed by atoms with Crippen LogP contribution in [0, 0.1) is 5.92 Å². The molecule has 3 N–H and O–H groups in total. The summed E-state index contributed by atoms with van der Waals surface area (Å²) in [5.41, 5.74) is 6.18. The summed E-state index contributed by atoms with van der Waals surface area (Å²) in [5, 5.41) is 2.61. The second-order valence-electron chi connectivity index (χ2n) is 7.05. The lowest BCUT2D eigenvalue weighted by atomic mass is 10.2. The fourth-order valence-corrected chi connectivity index (χ4v) is 2.41. The highest BCUT2D eigenvalue weighted by molar-refractivity contribution is 5.98. The summed E-state index contributed by atoms with van der Waals surface area (Å²) in [5.74, 6) is -0.490. The average molecular weight is 414 g/mol. The maximum absolute atomic E-state index is 12.4. The molecule has 2 aromatic rings. The summed E-state index contributed by atoms with van der Waals surface area (Å²) < 4.78 is 16.2. The lowest BCUT2D eigenvalue weighted by Crippen LogP contribution is -2.30. The van der Waals surface area contributed by atoms with E-state index in [4.69, 9.17) is 19.9 Å². The first kappa shape index (κ1) is 22.7. The molecule has 8 nitrogen and oxygen atoms in total. The van der Waals surface area contributed by atoms with Crippen LogP contribution in [-0.4, -0.2) is 37.6 Å². The third-order valence-electron chi connectivity index (χ3n) is 4.06. The summed E-state index contributed by atoms with van der Waals surface area (Å²) in [6.45, 7) is 6.02. The predicted molar refractivity (Wildman–Crippen MR) is 112 cm³/mol. The van der Waals surface area contributed by atoms with Gasteiger partial charge in [-0.25, -0.2) is 4.79 Å². The molecular weight excluding hydrogens is 388 g/mol.